The first-order valence-corrected chi connectivity index (χ1v) is 8.43. The first-order valence-electron chi connectivity index (χ1n) is 7.64. The first kappa shape index (κ1) is 16.6. The molecule has 1 aromatic heterocycles. The quantitative estimate of drug-likeness (QED) is 0.790. The van der Waals surface area contributed by atoms with E-state index in [4.69, 9.17) is 4.74 Å². The van der Waals surface area contributed by atoms with Crippen molar-refractivity contribution >= 4 is 21.7 Å². The van der Waals surface area contributed by atoms with E-state index in [0.29, 0.717) is 18.4 Å². The molecule has 0 N–H and O–H groups in total. The van der Waals surface area contributed by atoms with Crippen LogP contribution in [0, 0.1) is 5.41 Å². The Morgan fingerprint density at radius 3 is 2.52 bits per heavy atom. The van der Waals surface area contributed by atoms with E-state index >= 15 is 0 Å². The van der Waals surface area contributed by atoms with Crippen LogP contribution in [0.5, 0.6) is 0 Å². The Balaban J connectivity index is 2.13. The molecule has 0 atom stereocenters. The number of aromatic nitrogens is 1. The molecular formula is C17H24BrNO2. The number of nitrogens with zero attached hydrogens (tertiary/aromatic N) is 1. The van der Waals surface area contributed by atoms with E-state index in [1.54, 1.807) is 12.4 Å². The minimum atomic E-state index is -0.591. The standard InChI is InChI=1S/C17H24BrNO2/c1-4-21-17(7-5-16(2,3)6-8-17)15(20)10-13-9-14(18)12-19-11-13/h9,11-12H,4-8,10H2,1-3H3. The molecule has 0 radical (unpaired) electrons. The number of ether oxygens (including phenoxy) is 1. The third kappa shape index (κ3) is 4.13. The molecule has 21 heavy (non-hydrogen) atoms. The van der Waals surface area contributed by atoms with Gasteiger partial charge < -0.3 is 4.74 Å². The Hall–Kier alpha value is -0.740. The van der Waals surface area contributed by atoms with Crippen molar-refractivity contribution in [1.82, 2.24) is 4.98 Å². The summed E-state index contributed by atoms with van der Waals surface area (Å²) in [7, 11) is 0. The summed E-state index contributed by atoms with van der Waals surface area (Å²) < 4.78 is 6.85. The minimum Gasteiger partial charge on any atom is -0.367 e. The summed E-state index contributed by atoms with van der Waals surface area (Å²) in [4.78, 5) is 17.0. The van der Waals surface area contributed by atoms with Crippen LogP contribution in [0.3, 0.4) is 0 Å². The molecule has 0 aromatic carbocycles. The fourth-order valence-corrected chi connectivity index (χ4v) is 3.42. The summed E-state index contributed by atoms with van der Waals surface area (Å²) in [6.07, 6.45) is 7.62. The maximum atomic E-state index is 12.8. The summed E-state index contributed by atoms with van der Waals surface area (Å²) in [5.74, 6) is 0.194. The fraction of sp³-hybridized carbons (Fsp3) is 0.647. The average Bonchev–Trinajstić information content (AvgIpc) is 2.41. The van der Waals surface area contributed by atoms with Crippen LogP contribution in [-0.2, 0) is 16.0 Å². The van der Waals surface area contributed by atoms with Crippen molar-refractivity contribution in [1.29, 1.82) is 0 Å². The van der Waals surface area contributed by atoms with E-state index in [9.17, 15) is 4.79 Å². The summed E-state index contributed by atoms with van der Waals surface area (Å²) in [6.45, 7) is 7.09. The second kappa shape index (κ2) is 6.57. The van der Waals surface area contributed by atoms with Gasteiger partial charge in [-0.25, -0.2) is 0 Å². The second-order valence-electron chi connectivity index (χ2n) is 6.70. The number of ketones is 1. The van der Waals surface area contributed by atoms with Gasteiger partial charge in [0.25, 0.3) is 0 Å². The predicted octanol–water partition coefficient (Wildman–Crippen LogP) is 4.33. The van der Waals surface area contributed by atoms with E-state index in [1.807, 2.05) is 13.0 Å². The van der Waals surface area contributed by atoms with Crippen LogP contribution in [0.15, 0.2) is 22.9 Å². The van der Waals surface area contributed by atoms with Gasteiger partial charge in [-0.15, -0.1) is 0 Å². The normalized spacial score (nSPS) is 20.2. The summed E-state index contributed by atoms with van der Waals surface area (Å²) in [6, 6.07) is 1.96. The van der Waals surface area contributed by atoms with E-state index in [2.05, 4.69) is 34.8 Å². The molecule has 1 aliphatic rings. The van der Waals surface area contributed by atoms with Gasteiger partial charge in [0.15, 0.2) is 5.78 Å². The zero-order valence-electron chi connectivity index (χ0n) is 13.1. The lowest BCUT2D eigenvalue weighted by atomic mass is 9.69. The van der Waals surface area contributed by atoms with Crippen LogP contribution in [0.1, 0.15) is 52.0 Å². The van der Waals surface area contributed by atoms with Gasteiger partial charge in [-0.05, 0) is 65.6 Å². The number of carbonyl (C=O) groups excluding carboxylic acids is 1. The SMILES string of the molecule is CCOC1(C(=O)Cc2cncc(Br)c2)CCC(C)(C)CC1. The third-order valence-corrected chi connectivity index (χ3v) is 4.90. The number of Topliss-reactive ketones (excluding diaryl/α,β-unsaturated/α-hetero) is 1. The number of hydrogen-bond donors (Lipinski definition) is 0. The maximum absolute atomic E-state index is 12.8. The number of carbonyl (C=O) groups is 1. The van der Waals surface area contributed by atoms with Gasteiger partial charge in [0.1, 0.15) is 5.60 Å². The van der Waals surface area contributed by atoms with Crippen molar-refractivity contribution in [3.63, 3.8) is 0 Å². The van der Waals surface area contributed by atoms with Gasteiger partial charge in [0, 0.05) is 29.9 Å². The highest BCUT2D eigenvalue weighted by atomic mass is 79.9. The predicted molar refractivity (Wildman–Crippen MR) is 87.3 cm³/mol. The van der Waals surface area contributed by atoms with Crippen LogP contribution in [0.4, 0.5) is 0 Å². The topological polar surface area (TPSA) is 39.2 Å². The van der Waals surface area contributed by atoms with Gasteiger partial charge >= 0.3 is 0 Å². The second-order valence-corrected chi connectivity index (χ2v) is 7.62. The molecule has 4 heteroatoms. The monoisotopic (exact) mass is 353 g/mol. The van der Waals surface area contributed by atoms with Crippen LogP contribution < -0.4 is 0 Å². The molecule has 0 spiro atoms. The molecule has 0 amide bonds. The summed E-state index contributed by atoms with van der Waals surface area (Å²) in [5.41, 5.74) is 0.670. The molecule has 1 fully saturated rings. The van der Waals surface area contributed by atoms with E-state index in [1.165, 1.54) is 0 Å². The highest BCUT2D eigenvalue weighted by Gasteiger charge is 2.44. The molecule has 1 aromatic rings. The largest absolute Gasteiger partial charge is 0.367 e. The zero-order chi connectivity index (χ0) is 15.5. The Morgan fingerprint density at radius 2 is 1.95 bits per heavy atom. The Kier molecular flexibility index (Phi) is 5.20. The Morgan fingerprint density at radius 1 is 1.29 bits per heavy atom. The van der Waals surface area contributed by atoms with E-state index < -0.39 is 5.60 Å². The van der Waals surface area contributed by atoms with Crippen LogP contribution in [-0.4, -0.2) is 23.0 Å². The minimum absolute atomic E-state index is 0.194. The van der Waals surface area contributed by atoms with Crippen molar-refractivity contribution in [2.45, 2.75) is 58.5 Å². The molecule has 2 rings (SSSR count). The smallest absolute Gasteiger partial charge is 0.169 e. The highest BCUT2D eigenvalue weighted by molar-refractivity contribution is 9.10. The van der Waals surface area contributed by atoms with Gasteiger partial charge in [0.05, 0.1) is 0 Å². The van der Waals surface area contributed by atoms with Crippen molar-refractivity contribution in [3.8, 4) is 0 Å². The Bertz CT molecular complexity index is 503. The van der Waals surface area contributed by atoms with Crippen molar-refractivity contribution < 1.29 is 9.53 Å². The molecule has 1 aliphatic carbocycles. The van der Waals surface area contributed by atoms with Gasteiger partial charge in [-0.1, -0.05) is 13.8 Å². The summed E-state index contributed by atoms with van der Waals surface area (Å²) >= 11 is 3.40. The van der Waals surface area contributed by atoms with Gasteiger partial charge in [-0.2, -0.15) is 0 Å². The lowest BCUT2D eigenvalue weighted by Crippen LogP contribution is -2.47. The highest BCUT2D eigenvalue weighted by Crippen LogP contribution is 2.42. The Labute approximate surface area is 135 Å². The lowest BCUT2D eigenvalue weighted by molar-refractivity contribution is -0.151. The maximum Gasteiger partial charge on any atom is 0.169 e. The summed E-state index contributed by atoms with van der Waals surface area (Å²) in [5, 5.41) is 0. The van der Waals surface area contributed by atoms with Crippen LogP contribution >= 0.6 is 15.9 Å². The van der Waals surface area contributed by atoms with Gasteiger partial charge in [0.2, 0.25) is 0 Å². The first-order chi connectivity index (χ1) is 9.87. The van der Waals surface area contributed by atoms with Crippen molar-refractivity contribution in [2.75, 3.05) is 6.61 Å². The molecule has 0 bridgehead atoms. The molecular weight excluding hydrogens is 330 g/mol. The van der Waals surface area contributed by atoms with Crippen LogP contribution in [0.2, 0.25) is 0 Å². The van der Waals surface area contributed by atoms with Crippen LogP contribution in [0.25, 0.3) is 0 Å². The van der Waals surface area contributed by atoms with Crippen molar-refractivity contribution in [2.24, 2.45) is 5.41 Å². The fourth-order valence-electron chi connectivity index (χ4n) is 3.01. The van der Waals surface area contributed by atoms with Gasteiger partial charge in [-0.3, -0.25) is 9.78 Å². The molecule has 0 saturated heterocycles. The molecule has 0 aliphatic heterocycles. The number of rotatable bonds is 5. The molecule has 3 nitrogen and oxygen atoms in total. The van der Waals surface area contributed by atoms with E-state index in [-0.39, 0.29) is 5.78 Å². The van der Waals surface area contributed by atoms with Crippen molar-refractivity contribution in [3.05, 3.63) is 28.5 Å². The lowest BCUT2D eigenvalue weighted by Gasteiger charge is -2.42. The number of hydrogen-bond acceptors (Lipinski definition) is 3. The number of pyridine rings is 1. The average molecular weight is 354 g/mol. The molecule has 116 valence electrons. The molecule has 1 saturated carbocycles. The molecule has 1 heterocycles. The zero-order valence-corrected chi connectivity index (χ0v) is 14.7. The number of halogens is 1. The third-order valence-electron chi connectivity index (χ3n) is 4.47. The molecule has 0 unspecified atom stereocenters. The van der Waals surface area contributed by atoms with E-state index in [0.717, 1.165) is 35.7 Å².